The van der Waals surface area contributed by atoms with E-state index in [0.717, 1.165) is 38.3 Å². The van der Waals surface area contributed by atoms with Gasteiger partial charge in [0.25, 0.3) is 0 Å². The van der Waals surface area contributed by atoms with Crippen molar-refractivity contribution in [2.24, 2.45) is 5.92 Å². The zero-order valence-electron chi connectivity index (χ0n) is 12.5. The molecule has 1 aliphatic carbocycles. The molecule has 3 unspecified atom stereocenters. The molecule has 0 bridgehead atoms. The molecule has 0 heterocycles. The third kappa shape index (κ3) is 3.70. The quantitative estimate of drug-likeness (QED) is 0.756. The molecule has 3 nitrogen and oxygen atoms in total. The highest BCUT2D eigenvalue weighted by atomic mass is 15.2. The minimum Gasteiger partial charge on any atom is -0.300 e. The van der Waals surface area contributed by atoms with Crippen molar-refractivity contribution in [1.29, 1.82) is 5.26 Å². The first-order chi connectivity index (χ1) is 8.60. The van der Waals surface area contributed by atoms with Crippen LogP contribution in [0.2, 0.25) is 0 Å². The molecule has 0 aromatic heterocycles. The molecule has 1 N–H and O–H groups in total. The normalized spacial score (nSPS) is 29.4. The number of hydrogen-bond donors (Lipinski definition) is 1. The van der Waals surface area contributed by atoms with Gasteiger partial charge in [-0.3, -0.25) is 5.32 Å². The van der Waals surface area contributed by atoms with Crippen molar-refractivity contribution >= 4 is 0 Å². The maximum Gasteiger partial charge on any atom is 0.108 e. The Labute approximate surface area is 113 Å². The molecule has 0 spiro atoms. The van der Waals surface area contributed by atoms with E-state index in [2.05, 4.69) is 44.0 Å². The summed E-state index contributed by atoms with van der Waals surface area (Å²) in [4.78, 5) is 2.57. The van der Waals surface area contributed by atoms with Crippen LogP contribution in [0.4, 0.5) is 0 Å². The first-order valence-electron chi connectivity index (χ1n) is 7.51. The van der Waals surface area contributed by atoms with Gasteiger partial charge in [-0.05, 0) is 38.3 Å². The van der Waals surface area contributed by atoms with Crippen molar-refractivity contribution < 1.29 is 0 Å². The van der Waals surface area contributed by atoms with Crippen molar-refractivity contribution in [2.45, 2.75) is 65.0 Å². The predicted molar refractivity (Wildman–Crippen MR) is 76.4 cm³/mol. The third-order valence-corrected chi connectivity index (χ3v) is 4.38. The number of nitrogens with one attached hydrogen (secondary N) is 1. The fraction of sp³-hybridized carbons (Fsp3) is 0.933. The number of hydrogen-bond acceptors (Lipinski definition) is 3. The Morgan fingerprint density at radius 1 is 1.44 bits per heavy atom. The summed E-state index contributed by atoms with van der Waals surface area (Å²) >= 11 is 0. The minimum atomic E-state index is -0.262. The summed E-state index contributed by atoms with van der Waals surface area (Å²) in [6, 6.07) is 3.10. The maximum absolute atomic E-state index is 9.42. The lowest BCUT2D eigenvalue weighted by molar-refractivity contribution is 0.174. The van der Waals surface area contributed by atoms with Gasteiger partial charge < -0.3 is 4.90 Å². The largest absolute Gasteiger partial charge is 0.300 e. The Hall–Kier alpha value is -0.590. The van der Waals surface area contributed by atoms with Crippen LogP contribution in [-0.2, 0) is 0 Å². The summed E-state index contributed by atoms with van der Waals surface area (Å²) in [6.45, 7) is 12.1. The van der Waals surface area contributed by atoms with E-state index in [0.29, 0.717) is 6.04 Å². The smallest absolute Gasteiger partial charge is 0.108 e. The molecular weight excluding hydrogens is 222 g/mol. The van der Waals surface area contributed by atoms with Crippen molar-refractivity contribution in [3.8, 4) is 6.07 Å². The van der Waals surface area contributed by atoms with Gasteiger partial charge >= 0.3 is 0 Å². The molecule has 0 aliphatic heterocycles. The molecule has 0 amide bonds. The second-order valence-electron chi connectivity index (χ2n) is 5.72. The van der Waals surface area contributed by atoms with Crippen molar-refractivity contribution in [2.75, 3.05) is 19.6 Å². The molecule has 1 rings (SSSR count). The second kappa shape index (κ2) is 7.11. The minimum absolute atomic E-state index is 0.262. The van der Waals surface area contributed by atoms with Crippen molar-refractivity contribution in [3.05, 3.63) is 0 Å². The van der Waals surface area contributed by atoms with Crippen LogP contribution in [0.3, 0.4) is 0 Å². The Kier molecular flexibility index (Phi) is 6.11. The van der Waals surface area contributed by atoms with E-state index in [1.54, 1.807) is 0 Å². The summed E-state index contributed by atoms with van der Waals surface area (Å²) in [7, 11) is 0. The highest BCUT2D eigenvalue weighted by Gasteiger charge is 2.40. The molecule has 1 fully saturated rings. The van der Waals surface area contributed by atoms with E-state index in [-0.39, 0.29) is 5.54 Å². The van der Waals surface area contributed by atoms with Crippen LogP contribution in [0.25, 0.3) is 0 Å². The van der Waals surface area contributed by atoms with Gasteiger partial charge in [-0.25, -0.2) is 0 Å². The lowest BCUT2D eigenvalue weighted by atomic mass is 9.99. The zero-order valence-corrected chi connectivity index (χ0v) is 12.5. The van der Waals surface area contributed by atoms with Gasteiger partial charge in [0.1, 0.15) is 5.54 Å². The van der Waals surface area contributed by atoms with Gasteiger partial charge in [0.15, 0.2) is 0 Å². The van der Waals surface area contributed by atoms with Gasteiger partial charge in [0.2, 0.25) is 0 Å². The number of nitriles is 1. The molecule has 18 heavy (non-hydrogen) atoms. The van der Waals surface area contributed by atoms with Gasteiger partial charge in [-0.1, -0.05) is 34.1 Å². The summed E-state index contributed by atoms with van der Waals surface area (Å²) < 4.78 is 0. The van der Waals surface area contributed by atoms with E-state index in [1.807, 2.05) is 0 Å². The van der Waals surface area contributed by atoms with Crippen LogP contribution in [0.1, 0.15) is 53.4 Å². The summed E-state index contributed by atoms with van der Waals surface area (Å²) in [5.41, 5.74) is -0.262. The van der Waals surface area contributed by atoms with E-state index in [4.69, 9.17) is 0 Å². The lowest BCUT2D eigenvalue weighted by Crippen LogP contribution is -2.44. The molecular formula is C15H29N3. The van der Waals surface area contributed by atoms with Crippen LogP contribution in [-0.4, -0.2) is 36.1 Å². The highest BCUT2D eigenvalue weighted by molar-refractivity contribution is 5.13. The van der Waals surface area contributed by atoms with Crippen LogP contribution in [0, 0.1) is 17.2 Å². The highest BCUT2D eigenvalue weighted by Crippen LogP contribution is 2.33. The Morgan fingerprint density at radius 3 is 2.67 bits per heavy atom. The average molecular weight is 251 g/mol. The number of rotatable bonds is 7. The monoisotopic (exact) mass is 251 g/mol. The third-order valence-electron chi connectivity index (χ3n) is 4.38. The first-order valence-corrected chi connectivity index (χ1v) is 7.51. The van der Waals surface area contributed by atoms with Crippen molar-refractivity contribution in [1.82, 2.24) is 10.2 Å². The van der Waals surface area contributed by atoms with Gasteiger partial charge in [-0.15, -0.1) is 0 Å². The standard InChI is InChI=1S/C15H29N3/c1-5-13(4)11-18(7-3)14-8-9-15(10-14,12-16)17-6-2/h13-14,17H,5-11H2,1-4H3. The second-order valence-corrected chi connectivity index (χ2v) is 5.72. The Balaban J connectivity index is 2.60. The van der Waals surface area contributed by atoms with E-state index in [1.165, 1.54) is 13.0 Å². The van der Waals surface area contributed by atoms with E-state index in [9.17, 15) is 5.26 Å². The SMILES string of the molecule is CCNC1(C#N)CCC(N(CC)CC(C)CC)C1. The van der Waals surface area contributed by atoms with E-state index < -0.39 is 0 Å². The van der Waals surface area contributed by atoms with Crippen molar-refractivity contribution in [3.63, 3.8) is 0 Å². The van der Waals surface area contributed by atoms with Gasteiger partial charge in [-0.2, -0.15) is 5.26 Å². The molecule has 104 valence electrons. The molecule has 0 radical (unpaired) electrons. The Bertz CT molecular complexity index is 284. The van der Waals surface area contributed by atoms with Crippen LogP contribution >= 0.6 is 0 Å². The fourth-order valence-corrected chi connectivity index (χ4v) is 3.04. The van der Waals surface area contributed by atoms with Gasteiger partial charge in [0, 0.05) is 12.6 Å². The molecule has 3 atom stereocenters. The average Bonchev–Trinajstić information content (AvgIpc) is 2.81. The molecule has 1 aliphatic rings. The van der Waals surface area contributed by atoms with Crippen LogP contribution in [0.5, 0.6) is 0 Å². The maximum atomic E-state index is 9.42. The lowest BCUT2D eigenvalue weighted by Gasteiger charge is -2.31. The summed E-state index contributed by atoms with van der Waals surface area (Å²) in [5.74, 6) is 0.751. The summed E-state index contributed by atoms with van der Waals surface area (Å²) in [5, 5.41) is 12.8. The fourth-order valence-electron chi connectivity index (χ4n) is 3.04. The number of nitrogens with zero attached hydrogens (tertiary/aromatic N) is 2. The molecule has 0 saturated heterocycles. The molecule has 0 aromatic rings. The molecule has 0 aromatic carbocycles. The topological polar surface area (TPSA) is 39.1 Å². The summed E-state index contributed by atoms with van der Waals surface area (Å²) in [6.07, 6.45) is 4.38. The zero-order chi connectivity index (χ0) is 13.6. The van der Waals surface area contributed by atoms with Gasteiger partial charge in [0.05, 0.1) is 6.07 Å². The predicted octanol–water partition coefficient (Wildman–Crippen LogP) is 2.78. The molecule has 3 heteroatoms. The van der Waals surface area contributed by atoms with Crippen LogP contribution in [0.15, 0.2) is 0 Å². The van der Waals surface area contributed by atoms with Crippen LogP contribution < -0.4 is 5.32 Å². The van der Waals surface area contributed by atoms with E-state index >= 15 is 0 Å². The first kappa shape index (κ1) is 15.5. The molecule has 1 saturated carbocycles. The Morgan fingerprint density at radius 2 is 2.17 bits per heavy atom.